The van der Waals surface area contributed by atoms with Gasteiger partial charge in [-0.25, -0.2) is 4.79 Å². The number of hydrogen-bond donors (Lipinski definition) is 2. The molecule has 0 aliphatic carbocycles. The highest BCUT2D eigenvalue weighted by Crippen LogP contribution is 2.31. The van der Waals surface area contributed by atoms with E-state index >= 15 is 0 Å². The molecule has 21 heavy (non-hydrogen) atoms. The van der Waals surface area contributed by atoms with E-state index in [4.69, 9.17) is 21.2 Å². The first kappa shape index (κ1) is 14.7. The number of nitro benzene ring substituents is 1. The van der Waals surface area contributed by atoms with Gasteiger partial charge < -0.3 is 14.9 Å². The zero-order valence-corrected chi connectivity index (χ0v) is 11.4. The van der Waals surface area contributed by atoms with Crippen LogP contribution in [0.1, 0.15) is 22.1 Å². The molecule has 0 saturated carbocycles. The predicted octanol–water partition coefficient (Wildman–Crippen LogP) is 2.25. The van der Waals surface area contributed by atoms with Crippen molar-refractivity contribution >= 4 is 28.9 Å². The summed E-state index contributed by atoms with van der Waals surface area (Å²) < 4.78 is 4.77. The van der Waals surface area contributed by atoms with Gasteiger partial charge in [-0.15, -0.1) is 0 Å². The summed E-state index contributed by atoms with van der Waals surface area (Å²) >= 11 is 5.90. The summed E-state index contributed by atoms with van der Waals surface area (Å²) in [5, 5.41) is 26.1. The Labute approximate surface area is 122 Å². The Morgan fingerprint density at radius 3 is 2.81 bits per heavy atom. The lowest BCUT2D eigenvalue weighted by Crippen LogP contribution is -2.09. The third-order valence-electron chi connectivity index (χ3n) is 2.51. The van der Waals surface area contributed by atoms with Crippen LogP contribution in [0.2, 0.25) is 5.02 Å². The van der Waals surface area contributed by atoms with E-state index < -0.39 is 16.6 Å². The number of non-ortho nitro benzene ring substituents is 1. The van der Waals surface area contributed by atoms with Crippen molar-refractivity contribution in [3.63, 3.8) is 0 Å². The number of nitro groups is 1. The van der Waals surface area contributed by atoms with E-state index in [-0.39, 0.29) is 22.8 Å². The molecule has 0 fully saturated rings. The van der Waals surface area contributed by atoms with Gasteiger partial charge in [0.15, 0.2) is 5.82 Å². The monoisotopic (exact) mass is 312 g/mol. The number of rotatable bonds is 5. The molecule has 0 aliphatic heterocycles. The first-order valence-corrected chi connectivity index (χ1v) is 6.00. The van der Waals surface area contributed by atoms with Crippen LogP contribution in [0, 0.1) is 17.0 Å². The predicted molar refractivity (Wildman–Crippen MR) is 71.4 cm³/mol. The third-order valence-corrected chi connectivity index (χ3v) is 2.81. The van der Waals surface area contributed by atoms with Crippen molar-refractivity contribution in [1.82, 2.24) is 10.1 Å². The van der Waals surface area contributed by atoms with Gasteiger partial charge >= 0.3 is 5.97 Å². The fourth-order valence-electron chi connectivity index (χ4n) is 1.63. The molecule has 0 atom stereocenters. The van der Waals surface area contributed by atoms with Gasteiger partial charge in [0, 0.05) is 19.1 Å². The summed E-state index contributed by atoms with van der Waals surface area (Å²) in [6.45, 7) is 1.67. The number of hydrogen-bond acceptors (Lipinski definition) is 7. The number of carboxylic acids is 1. The van der Waals surface area contributed by atoms with E-state index in [9.17, 15) is 14.9 Å². The maximum absolute atomic E-state index is 11.2. The molecule has 1 aromatic carbocycles. The lowest BCUT2D eigenvalue weighted by molar-refractivity contribution is -0.384. The first-order chi connectivity index (χ1) is 9.88. The van der Waals surface area contributed by atoms with Crippen molar-refractivity contribution in [2.45, 2.75) is 13.5 Å². The van der Waals surface area contributed by atoms with Gasteiger partial charge in [-0.1, -0.05) is 16.8 Å². The average Bonchev–Trinajstić information content (AvgIpc) is 2.82. The standard InChI is InChI=1S/C11H9ClN4O5/c1-5-14-9(15-21-5)4-13-10-7(11(17)18)2-6(16(19)20)3-8(10)12/h2-3,13H,4H2,1H3,(H,17,18). The minimum atomic E-state index is -1.34. The molecule has 0 amide bonds. The molecule has 0 unspecified atom stereocenters. The maximum Gasteiger partial charge on any atom is 0.338 e. The molecule has 0 bridgehead atoms. The Balaban J connectivity index is 2.33. The number of carbonyl (C=O) groups is 1. The van der Waals surface area contributed by atoms with Gasteiger partial charge in [0.2, 0.25) is 5.89 Å². The summed E-state index contributed by atoms with van der Waals surface area (Å²) in [6, 6.07) is 2.00. The van der Waals surface area contributed by atoms with Gasteiger partial charge in [-0.05, 0) is 0 Å². The SMILES string of the molecule is Cc1nc(CNc2c(Cl)cc([N+](=O)[O-])cc2C(=O)O)no1. The van der Waals surface area contributed by atoms with Gasteiger partial charge in [-0.3, -0.25) is 10.1 Å². The molecule has 1 heterocycles. The van der Waals surface area contributed by atoms with Gasteiger partial charge in [0.25, 0.3) is 5.69 Å². The smallest absolute Gasteiger partial charge is 0.338 e. The number of halogens is 1. The molecule has 2 aromatic rings. The molecule has 110 valence electrons. The highest BCUT2D eigenvalue weighted by molar-refractivity contribution is 6.34. The lowest BCUT2D eigenvalue weighted by atomic mass is 10.1. The topological polar surface area (TPSA) is 131 Å². The number of benzene rings is 1. The van der Waals surface area contributed by atoms with Crippen LogP contribution in [-0.4, -0.2) is 26.1 Å². The quantitative estimate of drug-likeness (QED) is 0.634. The second-order valence-electron chi connectivity index (χ2n) is 4.00. The van der Waals surface area contributed by atoms with Crippen molar-refractivity contribution < 1.29 is 19.3 Å². The van der Waals surface area contributed by atoms with Crippen LogP contribution in [-0.2, 0) is 6.54 Å². The molecule has 0 aliphatic rings. The van der Waals surface area contributed by atoms with Crippen LogP contribution >= 0.6 is 11.6 Å². The van der Waals surface area contributed by atoms with Crippen molar-refractivity contribution in [1.29, 1.82) is 0 Å². The van der Waals surface area contributed by atoms with E-state index in [0.717, 1.165) is 12.1 Å². The minimum absolute atomic E-state index is 0.0530. The van der Waals surface area contributed by atoms with Crippen molar-refractivity contribution in [3.8, 4) is 0 Å². The van der Waals surface area contributed by atoms with E-state index in [1.165, 1.54) is 0 Å². The third kappa shape index (κ3) is 3.26. The average molecular weight is 313 g/mol. The molecule has 0 spiro atoms. The summed E-state index contributed by atoms with van der Waals surface area (Å²) in [6.07, 6.45) is 0. The van der Waals surface area contributed by atoms with Crippen LogP contribution < -0.4 is 5.32 Å². The fourth-order valence-corrected chi connectivity index (χ4v) is 1.91. The number of aryl methyl sites for hydroxylation is 1. The molecular formula is C11H9ClN4O5. The van der Waals surface area contributed by atoms with E-state index in [1.807, 2.05) is 0 Å². The molecular weight excluding hydrogens is 304 g/mol. The van der Waals surface area contributed by atoms with E-state index in [2.05, 4.69) is 15.5 Å². The Kier molecular flexibility index (Phi) is 4.03. The molecule has 0 saturated heterocycles. The van der Waals surface area contributed by atoms with Crippen LogP contribution in [0.5, 0.6) is 0 Å². The molecule has 2 N–H and O–H groups in total. The van der Waals surface area contributed by atoms with Crippen LogP contribution in [0.4, 0.5) is 11.4 Å². The van der Waals surface area contributed by atoms with Crippen molar-refractivity contribution in [2.75, 3.05) is 5.32 Å². The van der Waals surface area contributed by atoms with E-state index in [0.29, 0.717) is 11.7 Å². The molecule has 10 heteroatoms. The number of carboxylic acid groups (broad SMARTS) is 1. The Morgan fingerprint density at radius 2 is 2.29 bits per heavy atom. The largest absolute Gasteiger partial charge is 0.478 e. The highest BCUT2D eigenvalue weighted by Gasteiger charge is 2.20. The van der Waals surface area contributed by atoms with Gasteiger partial charge in [0.1, 0.15) is 0 Å². The summed E-state index contributed by atoms with van der Waals surface area (Å²) in [4.78, 5) is 25.1. The Hall–Kier alpha value is -2.68. The normalized spacial score (nSPS) is 10.4. The van der Waals surface area contributed by atoms with Crippen LogP contribution in [0.3, 0.4) is 0 Å². The second kappa shape index (κ2) is 5.75. The second-order valence-corrected chi connectivity index (χ2v) is 4.40. The molecule has 9 nitrogen and oxygen atoms in total. The highest BCUT2D eigenvalue weighted by atomic mass is 35.5. The minimum Gasteiger partial charge on any atom is -0.478 e. The summed E-state index contributed by atoms with van der Waals surface area (Å²) in [5.74, 6) is -0.675. The zero-order valence-electron chi connectivity index (χ0n) is 10.7. The summed E-state index contributed by atoms with van der Waals surface area (Å²) in [5.41, 5.74) is -0.662. The first-order valence-electron chi connectivity index (χ1n) is 5.62. The van der Waals surface area contributed by atoms with Gasteiger partial charge in [0.05, 0.1) is 27.7 Å². The lowest BCUT2D eigenvalue weighted by Gasteiger charge is -2.09. The number of aromatic nitrogens is 2. The Morgan fingerprint density at radius 1 is 1.57 bits per heavy atom. The summed E-state index contributed by atoms with van der Waals surface area (Å²) in [7, 11) is 0. The fraction of sp³-hybridized carbons (Fsp3) is 0.182. The molecule has 2 rings (SSSR count). The van der Waals surface area contributed by atoms with Crippen molar-refractivity contribution in [2.24, 2.45) is 0 Å². The molecule has 0 radical (unpaired) electrons. The number of anilines is 1. The molecule has 1 aromatic heterocycles. The zero-order chi connectivity index (χ0) is 15.6. The van der Waals surface area contributed by atoms with Crippen LogP contribution in [0.15, 0.2) is 16.7 Å². The van der Waals surface area contributed by atoms with Crippen LogP contribution in [0.25, 0.3) is 0 Å². The van der Waals surface area contributed by atoms with Crippen molar-refractivity contribution in [3.05, 3.63) is 44.5 Å². The maximum atomic E-state index is 11.2. The Bertz CT molecular complexity index is 715. The van der Waals surface area contributed by atoms with Gasteiger partial charge in [-0.2, -0.15) is 4.98 Å². The van der Waals surface area contributed by atoms with E-state index in [1.54, 1.807) is 6.92 Å². The number of nitrogens with one attached hydrogen (secondary N) is 1. The number of nitrogens with zero attached hydrogens (tertiary/aromatic N) is 3. The number of aromatic carboxylic acids is 1.